The van der Waals surface area contributed by atoms with E-state index in [-0.39, 0.29) is 11.9 Å². The molecule has 2 aromatic carbocycles. The van der Waals surface area contributed by atoms with E-state index in [1.165, 1.54) is 7.05 Å². The fraction of sp³-hybridized carbons (Fsp3) is 0.0556. The van der Waals surface area contributed by atoms with Gasteiger partial charge < -0.3 is 16.0 Å². The van der Waals surface area contributed by atoms with Crippen LogP contribution in [-0.2, 0) is 0 Å². The van der Waals surface area contributed by atoms with Crippen molar-refractivity contribution >= 4 is 34.4 Å². The number of H-pyrrole nitrogens is 1. The second-order valence-electron chi connectivity index (χ2n) is 5.55. The topological polar surface area (TPSA) is 115 Å². The number of guanidine groups is 1. The Balaban J connectivity index is 1.84. The fourth-order valence-corrected chi connectivity index (χ4v) is 2.40. The number of anilines is 1. The van der Waals surface area contributed by atoms with Crippen molar-refractivity contribution < 1.29 is 9.59 Å². The number of nitrogens with zero attached hydrogens (tertiary/aromatic N) is 1. The average molecular weight is 335 g/mol. The molecule has 126 valence electrons. The molecule has 0 aliphatic rings. The Kier molecular flexibility index (Phi) is 4.21. The highest BCUT2D eigenvalue weighted by molar-refractivity contribution is 6.07. The third-order valence-corrected chi connectivity index (χ3v) is 3.81. The largest absolute Gasteiger partial charge is 0.370 e. The van der Waals surface area contributed by atoms with E-state index in [4.69, 9.17) is 11.1 Å². The monoisotopic (exact) mass is 335 g/mol. The zero-order chi connectivity index (χ0) is 18.0. The number of hydrogen-bond donors (Lipinski definition) is 4. The number of nitrogens with one attached hydrogen (secondary N) is 3. The normalized spacial score (nSPS) is 10.4. The Morgan fingerprint density at radius 1 is 1.12 bits per heavy atom. The molecule has 5 N–H and O–H groups in total. The minimum Gasteiger partial charge on any atom is -0.370 e. The van der Waals surface area contributed by atoms with Gasteiger partial charge in [-0.2, -0.15) is 0 Å². The predicted molar refractivity (Wildman–Crippen MR) is 96.7 cm³/mol. The molecule has 3 rings (SSSR count). The molecule has 0 saturated carbocycles. The minimum atomic E-state index is -0.404. The highest BCUT2D eigenvalue weighted by Crippen LogP contribution is 2.21. The maximum Gasteiger partial charge on any atom is 0.276 e. The lowest BCUT2D eigenvalue weighted by atomic mass is 10.2. The van der Waals surface area contributed by atoms with E-state index in [9.17, 15) is 9.59 Å². The molecule has 0 atom stereocenters. The summed E-state index contributed by atoms with van der Waals surface area (Å²) >= 11 is 0. The number of rotatable bonds is 3. The Bertz CT molecular complexity index is 962. The maximum absolute atomic E-state index is 12.2. The summed E-state index contributed by atoms with van der Waals surface area (Å²) in [5.74, 6) is -0.947. The van der Waals surface area contributed by atoms with Gasteiger partial charge in [-0.3, -0.25) is 19.9 Å². The number of carbonyl (C=O) groups is 2. The van der Waals surface area contributed by atoms with Gasteiger partial charge >= 0.3 is 0 Å². The molecule has 1 heterocycles. The van der Waals surface area contributed by atoms with Crippen LogP contribution in [0.2, 0.25) is 0 Å². The zero-order valence-corrected chi connectivity index (χ0v) is 13.5. The minimum absolute atomic E-state index is 0.209. The van der Waals surface area contributed by atoms with Crippen LogP contribution in [0.15, 0.2) is 54.6 Å². The second-order valence-corrected chi connectivity index (χ2v) is 5.55. The van der Waals surface area contributed by atoms with Crippen molar-refractivity contribution in [1.82, 2.24) is 9.88 Å². The van der Waals surface area contributed by atoms with Crippen LogP contribution >= 0.6 is 0 Å². The number of nitrogens with two attached hydrogens (primary N) is 1. The molecule has 1 aromatic heterocycles. The van der Waals surface area contributed by atoms with Crippen LogP contribution in [-0.4, -0.2) is 34.7 Å². The summed E-state index contributed by atoms with van der Waals surface area (Å²) in [5, 5.41) is 11.0. The van der Waals surface area contributed by atoms with Crippen molar-refractivity contribution in [1.29, 1.82) is 5.41 Å². The molecule has 0 aliphatic heterocycles. The molecule has 3 aromatic rings. The van der Waals surface area contributed by atoms with Gasteiger partial charge in [0.2, 0.25) is 0 Å². The maximum atomic E-state index is 12.2. The Labute approximate surface area is 143 Å². The Hall–Kier alpha value is -3.61. The lowest BCUT2D eigenvalue weighted by molar-refractivity contribution is 0.0864. The van der Waals surface area contributed by atoms with Crippen molar-refractivity contribution in [3.63, 3.8) is 0 Å². The Morgan fingerprint density at radius 3 is 2.52 bits per heavy atom. The molecule has 0 bridgehead atoms. The smallest absolute Gasteiger partial charge is 0.276 e. The first kappa shape index (κ1) is 16.3. The van der Waals surface area contributed by atoms with Gasteiger partial charge in [0.05, 0.1) is 0 Å². The predicted octanol–water partition coefficient (Wildman–Crippen LogP) is 2.39. The third-order valence-electron chi connectivity index (χ3n) is 3.81. The summed E-state index contributed by atoms with van der Waals surface area (Å²) in [6.45, 7) is 0. The van der Waals surface area contributed by atoms with Crippen LogP contribution in [0.3, 0.4) is 0 Å². The number of benzene rings is 2. The Morgan fingerprint density at radius 2 is 1.84 bits per heavy atom. The average Bonchev–Trinajstić information content (AvgIpc) is 3.04. The number of aromatic nitrogens is 1. The lowest BCUT2D eigenvalue weighted by Gasteiger charge is -2.12. The van der Waals surface area contributed by atoms with Crippen molar-refractivity contribution in [2.24, 2.45) is 5.73 Å². The molecule has 0 saturated heterocycles. The van der Waals surface area contributed by atoms with Crippen molar-refractivity contribution in [2.75, 3.05) is 12.4 Å². The van der Waals surface area contributed by atoms with Crippen LogP contribution < -0.4 is 11.1 Å². The number of amides is 2. The fourth-order valence-electron chi connectivity index (χ4n) is 2.40. The molecule has 0 radical (unpaired) electrons. The molecule has 25 heavy (non-hydrogen) atoms. The first-order valence-electron chi connectivity index (χ1n) is 7.57. The molecule has 7 heteroatoms. The van der Waals surface area contributed by atoms with E-state index in [1.54, 1.807) is 48.5 Å². The van der Waals surface area contributed by atoms with Crippen LogP contribution in [0.25, 0.3) is 10.9 Å². The van der Waals surface area contributed by atoms with Gasteiger partial charge in [-0.25, -0.2) is 0 Å². The highest BCUT2D eigenvalue weighted by atomic mass is 16.2. The summed E-state index contributed by atoms with van der Waals surface area (Å²) in [4.78, 5) is 28.5. The van der Waals surface area contributed by atoms with Gasteiger partial charge in [-0.05, 0) is 30.3 Å². The lowest BCUT2D eigenvalue weighted by Crippen LogP contribution is -2.38. The van der Waals surface area contributed by atoms with Gasteiger partial charge in [0, 0.05) is 29.2 Å². The third kappa shape index (κ3) is 3.35. The first-order chi connectivity index (χ1) is 12.0. The standard InChI is InChI=1S/C18H17N5O2/c1-23(18(19)20)17(25)15-9-12-7-8-13(10-14(12)22-15)21-16(24)11-5-3-2-4-6-11/h2-10,22H,1H3,(H3,19,20)(H,21,24). The SMILES string of the molecule is CN(C(=N)N)C(=O)c1cc2ccc(NC(=O)c3ccccc3)cc2[nH]1. The van der Waals surface area contributed by atoms with Gasteiger partial charge in [0.1, 0.15) is 5.69 Å². The summed E-state index contributed by atoms with van der Waals surface area (Å²) < 4.78 is 0. The van der Waals surface area contributed by atoms with Gasteiger partial charge in [0.25, 0.3) is 11.8 Å². The molecule has 0 fully saturated rings. The molecule has 2 amide bonds. The van der Waals surface area contributed by atoms with Crippen LogP contribution in [0, 0.1) is 5.41 Å². The van der Waals surface area contributed by atoms with E-state index in [0.29, 0.717) is 22.5 Å². The number of fused-ring (bicyclic) bond motifs is 1. The van der Waals surface area contributed by atoms with E-state index >= 15 is 0 Å². The van der Waals surface area contributed by atoms with E-state index in [1.807, 2.05) is 6.07 Å². The summed E-state index contributed by atoms with van der Waals surface area (Å²) in [6.07, 6.45) is 0. The van der Waals surface area contributed by atoms with Crippen molar-refractivity contribution in [2.45, 2.75) is 0 Å². The first-order valence-corrected chi connectivity index (χ1v) is 7.57. The van der Waals surface area contributed by atoms with E-state index in [2.05, 4.69) is 10.3 Å². The highest BCUT2D eigenvalue weighted by Gasteiger charge is 2.16. The zero-order valence-electron chi connectivity index (χ0n) is 13.5. The van der Waals surface area contributed by atoms with Crippen LogP contribution in [0.5, 0.6) is 0 Å². The number of carbonyl (C=O) groups excluding carboxylic acids is 2. The van der Waals surface area contributed by atoms with E-state index < -0.39 is 5.91 Å². The molecule has 0 aliphatic carbocycles. The summed E-state index contributed by atoms with van der Waals surface area (Å²) in [5.41, 5.74) is 7.52. The second kappa shape index (κ2) is 6.48. The molecule has 0 spiro atoms. The van der Waals surface area contributed by atoms with Crippen LogP contribution in [0.1, 0.15) is 20.8 Å². The number of aromatic amines is 1. The summed E-state index contributed by atoms with van der Waals surface area (Å²) in [6, 6.07) is 15.9. The van der Waals surface area contributed by atoms with Crippen LogP contribution in [0.4, 0.5) is 5.69 Å². The van der Waals surface area contributed by atoms with E-state index in [0.717, 1.165) is 10.3 Å². The van der Waals surface area contributed by atoms with Gasteiger partial charge in [-0.15, -0.1) is 0 Å². The molecular formula is C18H17N5O2. The molecule has 7 nitrogen and oxygen atoms in total. The molecular weight excluding hydrogens is 318 g/mol. The summed E-state index contributed by atoms with van der Waals surface area (Å²) in [7, 11) is 1.43. The van der Waals surface area contributed by atoms with Crippen molar-refractivity contribution in [3.05, 3.63) is 65.9 Å². The number of hydrogen-bond acceptors (Lipinski definition) is 3. The van der Waals surface area contributed by atoms with Crippen molar-refractivity contribution in [3.8, 4) is 0 Å². The quantitative estimate of drug-likeness (QED) is 0.435. The van der Waals surface area contributed by atoms with Gasteiger partial charge in [0.15, 0.2) is 5.96 Å². The molecule has 0 unspecified atom stereocenters. The van der Waals surface area contributed by atoms with Gasteiger partial charge in [-0.1, -0.05) is 24.3 Å².